The number of benzene rings is 2. The van der Waals surface area contributed by atoms with Crippen molar-refractivity contribution in [2.75, 3.05) is 0 Å². The van der Waals surface area contributed by atoms with Crippen LogP contribution in [-0.2, 0) is 32.6 Å². The van der Waals surface area contributed by atoms with Crippen LogP contribution in [-0.4, -0.2) is 21.4 Å². The molecule has 0 amide bonds. The number of rotatable bonds is 7. The summed E-state index contributed by atoms with van der Waals surface area (Å²) >= 11 is 0. The molecule has 0 unspecified atom stereocenters. The number of hydrogen-bond donors (Lipinski definition) is 1. The zero-order valence-electron chi connectivity index (χ0n) is 25.2. The summed E-state index contributed by atoms with van der Waals surface area (Å²) in [5.41, 5.74) is -2.96. The van der Waals surface area contributed by atoms with E-state index in [1.807, 2.05) is 12.1 Å². The lowest BCUT2D eigenvalue weighted by Crippen LogP contribution is -2.24. The first kappa shape index (κ1) is 35.0. The minimum Gasteiger partial charge on any atom is -0.378 e. The zero-order valence-corrected chi connectivity index (χ0v) is 26.9. The lowest BCUT2D eigenvalue weighted by molar-refractivity contribution is -0.148. The van der Waals surface area contributed by atoms with Crippen molar-refractivity contribution in [3.8, 4) is 5.75 Å². The van der Waals surface area contributed by atoms with E-state index < -0.39 is 54.4 Å². The molecule has 3 fully saturated rings. The van der Waals surface area contributed by atoms with Gasteiger partial charge in [0.1, 0.15) is 15.4 Å². The third kappa shape index (κ3) is 7.53. The molecule has 0 bridgehead atoms. The summed E-state index contributed by atoms with van der Waals surface area (Å²) in [6, 6.07) is 3.81. The molecule has 3 saturated carbocycles. The topological polar surface area (TPSA) is 97.7 Å². The number of alkyl halides is 6. The summed E-state index contributed by atoms with van der Waals surface area (Å²) in [5.74, 6) is -1.92. The molecule has 0 atom stereocenters. The number of hydrogen-bond acceptors (Lipinski definition) is 5. The predicted molar refractivity (Wildman–Crippen MR) is 158 cm³/mol. The van der Waals surface area contributed by atoms with Gasteiger partial charge in [-0.3, -0.25) is 4.55 Å². The molecule has 3 aliphatic carbocycles. The fourth-order valence-electron chi connectivity index (χ4n) is 7.65. The molecular formula is C32H38F6O6S2. The van der Waals surface area contributed by atoms with E-state index in [0.717, 1.165) is 76.2 Å². The second kappa shape index (κ2) is 13.3. The second-order valence-corrected chi connectivity index (χ2v) is 15.7. The average Bonchev–Trinajstić information content (AvgIpc) is 3.00. The highest BCUT2D eigenvalue weighted by atomic mass is 32.2. The van der Waals surface area contributed by atoms with Crippen LogP contribution in [0.1, 0.15) is 142 Å². The zero-order chi connectivity index (χ0) is 33.5. The van der Waals surface area contributed by atoms with Gasteiger partial charge in [0.05, 0.1) is 5.56 Å². The Morgan fingerprint density at radius 1 is 0.609 bits per heavy atom. The average molecular weight is 697 g/mol. The standard InChI is InChI=1S/C32H38F6O6S2/c33-31(34,35)26-16-17-27(28(32(36,37)38)30(26)45(39,40)41)44-46(42,43)29-24(21-12-6-2-7-13-21)18-23(20-10-4-1-5-11-20)19-25(29)22-14-8-3-9-15-22/h16-22H,1-15H2,(H,39,40,41). The van der Waals surface area contributed by atoms with Gasteiger partial charge < -0.3 is 4.18 Å². The Morgan fingerprint density at radius 3 is 1.43 bits per heavy atom. The first-order valence-electron chi connectivity index (χ1n) is 15.9. The molecule has 14 heteroatoms. The summed E-state index contributed by atoms with van der Waals surface area (Å²) in [6.07, 6.45) is 1.35. The molecule has 0 aromatic heterocycles. The van der Waals surface area contributed by atoms with E-state index in [9.17, 15) is 47.7 Å². The van der Waals surface area contributed by atoms with E-state index in [1.54, 1.807) is 0 Å². The molecule has 2 aromatic carbocycles. The van der Waals surface area contributed by atoms with E-state index in [-0.39, 0.29) is 34.8 Å². The van der Waals surface area contributed by atoms with Crippen LogP contribution in [0.3, 0.4) is 0 Å². The fourth-order valence-corrected chi connectivity index (χ4v) is 10.1. The van der Waals surface area contributed by atoms with Crippen LogP contribution in [0.25, 0.3) is 0 Å². The minimum atomic E-state index is -6.16. The van der Waals surface area contributed by atoms with Crippen LogP contribution in [0, 0.1) is 0 Å². The van der Waals surface area contributed by atoms with Crippen LogP contribution < -0.4 is 4.18 Å². The van der Waals surface area contributed by atoms with Gasteiger partial charge in [0.25, 0.3) is 10.1 Å². The molecule has 6 nitrogen and oxygen atoms in total. The molecule has 0 spiro atoms. The highest BCUT2D eigenvalue weighted by Crippen LogP contribution is 2.49. The van der Waals surface area contributed by atoms with Crippen LogP contribution in [0.5, 0.6) is 5.75 Å². The van der Waals surface area contributed by atoms with Crippen molar-refractivity contribution in [2.24, 2.45) is 0 Å². The van der Waals surface area contributed by atoms with Crippen molar-refractivity contribution in [1.29, 1.82) is 0 Å². The molecule has 256 valence electrons. The summed E-state index contributed by atoms with van der Waals surface area (Å²) in [6.45, 7) is 0. The van der Waals surface area contributed by atoms with Crippen molar-refractivity contribution in [2.45, 2.75) is 136 Å². The van der Waals surface area contributed by atoms with Gasteiger partial charge in [-0.1, -0.05) is 69.9 Å². The van der Waals surface area contributed by atoms with Crippen LogP contribution in [0.4, 0.5) is 26.3 Å². The highest BCUT2D eigenvalue weighted by Gasteiger charge is 2.48. The van der Waals surface area contributed by atoms with Gasteiger partial charge >= 0.3 is 22.5 Å². The maximum atomic E-state index is 14.4. The number of halogens is 6. The monoisotopic (exact) mass is 696 g/mol. The van der Waals surface area contributed by atoms with Crippen molar-refractivity contribution in [3.05, 3.63) is 52.1 Å². The molecule has 5 rings (SSSR count). The normalized spacial score (nSPS) is 20.2. The summed E-state index contributed by atoms with van der Waals surface area (Å²) < 4.78 is 151. The van der Waals surface area contributed by atoms with Crippen molar-refractivity contribution in [1.82, 2.24) is 0 Å². The molecule has 2 aromatic rings. The van der Waals surface area contributed by atoms with Crippen LogP contribution in [0.15, 0.2) is 34.1 Å². The van der Waals surface area contributed by atoms with Crippen LogP contribution >= 0.6 is 0 Å². The first-order chi connectivity index (χ1) is 21.5. The smallest absolute Gasteiger partial charge is 0.378 e. The third-order valence-corrected chi connectivity index (χ3v) is 12.1. The van der Waals surface area contributed by atoms with Gasteiger partial charge in [-0.2, -0.15) is 43.2 Å². The molecule has 0 radical (unpaired) electrons. The molecule has 3 aliphatic rings. The molecule has 0 saturated heterocycles. The second-order valence-electron chi connectivity index (χ2n) is 12.9. The summed E-state index contributed by atoms with van der Waals surface area (Å²) in [7, 11) is -11.3. The predicted octanol–water partition coefficient (Wildman–Crippen LogP) is 9.88. The van der Waals surface area contributed by atoms with Gasteiger partial charge in [0.2, 0.25) is 0 Å². The Labute approximate surface area is 265 Å². The summed E-state index contributed by atoms with van der Waals surface area (Å²) in [4.78, 5) is -2.78. The Kier molecular flexibility index (Phi) is 10.1. The van der Waals surface area contributed by atoms with Crippen molar-refractivity contribution < 1.29 is 51.9 Å². The van der Waals surface area contributed by atoms with E-state index in [0.29, 0.717) is 36.8 Å². The Bertz CT molecular complexity index is 1590. The van der Waals surface area contributed by atoms with Gasteiger partial charge in [-0.05, 0) is 85.1 Å². The maximum absolute atomic E-state index is 14.4. The van der Waals surface area contributed by atoms with E-state index in [2.05, 4.69) is 0 Å². The Balaban J connectivity index is 1.75. The highest BCUT2D eigenvalue weighted by molar-refractivity contribution is 7.87. The van der Waals surface area contributed by atoms with Gasteiger partial charge in [-0.15, -0.1) is 0 Å². The van der Waals surface area contributed by atoms with E-state index in [4.69, 9.17) is 4.18 Å². The molecule has 0 heterocycles. The van der Waals surface area contributed by atoms with Crippen molar-refractivity contribution in [3.63, 3.8) is 0 Å². The Morgan fingerprint density at radius 2 is 1.04 bits per heavy atom. The quantitative estimate of drug-likeness (QED) is 0.176. The lowest BCUT2D eigenvalue weighted by atomic mass is 9.76. The third-order valence-electron chi connectivity index (χ3n) is 9.75. The van der Waals surface area contributed by atoms with E-state index in [1.165, 1.54) is 0 Å². The fraction of sp³-hybridized carbons (Fsp3) is 0.625. The Hall–Kier alpha value is -2.32. The lowest BCUT2D eigenvalue weighted by Gasteiger charge is -2.32. The first-order valence-corrected chi connectivity index (χ1v) is 18.7. The molecule has 46 heavy (non-hydrogen) atoms. The largest absolute Gasteiger partial charge is 0.421 e. The van der Waals surface area contributed by atoms with Gasteiger partial charge in [0.15, 0.2) is 5.75 Å². The minimum absolute atomic E-state index is 0.0283. The maximum Gasteiger partial charge on any atom is 0.421 e. The van der Waals surface area contributed by atoms with Gasteiger partial charge in [0, 0.05) is 0 Å². The SMILES string of the molecule is O=S(=O)(O)c1c(C(F)(F)F)ccc(OS(=O)(=O)c2c(C3CCCCC3)cc(C3CCCCC3)cc2C2CCCCC2)c1C(F)(F)F. The summed E-state index contributed by atoms with van der Waals surface area (Å²) in [5, 5.41) is 0. The molecule has 0 aliphatic heterocycles. The molecule has 1 N–H and O–H groups in total. The van der Waals surface area contributed by atoms with E-state index >= 15 is 0 Å². The van der Waals surface area contributed by atoms with Crippen LogP contribution in [0.2, 0.25) is 0 Å². The van der Waals surface area contributed by atoms with Gasteiger partial charge in [-0.25, -0.2) is 0 Å². The molecular weight excluding hydrogens is 658 g/mol. The van der Waals surface area contributed by atoms with Crippen molar-refractivity contribution >= 4 is 20.2 Å².